The first kappa shape index (κ1) is 16.6. The van der Waals surface area contributed by atoms with Crippen molar-refractivity contribution in [1.82, 2.24) is 14.9 Å². The molecule has 1 aliphatic carbocycles. The monoisotopic (exact) mass is 335 g/mol. The van der Waals surface area contributed by atoms with E-state index in [9.17, 15) is 14.7 Å². The second kappa shape index (κ2) is 7.09. The zero-order valence-electron chi connectivity index (χ0n) is 13.4. The van der Waals surface area contributed by atoms with Crippen molar-refractivity contribution in [3.63, 3.8) is 0 Å². The molecule has 0 saturated carbocycles. The number of carbonyl (C=O) groups excluding carboxylic acids is 1. The average molecular weight is 335 g/mol. The fourth-order valence-electron chi connectivity index (χ4n) is 2.91. The number of amides is 1. The maximum Gasteiger partial charge on any atom is 0.408 e. The van der Waals surface area contributed by atoms with Gasteiger partial charge in [0.05, 0.1) is 12.2 Å². The summed E-state index contributed by atoms with van der Waals surface area (Å²) in [5.74, 6) is -0.268. The number of aromatic nitrogens is 2. The predicted octanol–water partition coefficient (Wildman–Crippen LogP) is 2.63. The molecule has 1 aromatic heterocycles. The highest BCUT2D eigenvalue weighted by molar-refractivity contribution is 6.03. The van der Waals surface area contributed by atoms with Crippen molar-refractivity contribution in [3.8, 4) is 0 Å². The third kappa shape index (κ3) is 3.47. The molecule has 3 rings (SSSR count). The summed E-state index contributed by atoms with van der Waals surface area (Å²) in [4.78, 5) is 33.9. The van der Waals surface area contributed by atoms with Gasteiger partial charge in [-0.25, -0.2) is 14.8 Å². The number of ketones is 1. The predicted molar refractivity (Wildman–Crippen MR) is 91.8 cm³/mol. The lowest BCUT2D eigenvalue weighted by atomic mass is 9.82. The Morgan fingerprint density at radius 3 is 2.60 bits per heavy atom. The molecule has 1 amide bonds. The van der Waals surface area contributed by atoms with Crippen molar-refractivity contribution < 1.29 is 14.7 Å². The largest absolute Gasteiger partial charge is 0.465 e. The molecule has 1 aromatic carbocycles. The molecule has 0 fully saturated rings. The fraction of sp³-hybridized carbons (Fsp3) is 0.158. The molecule has 1 atom stereocenters. The van der Waals surface area contributed by atoms with Crippen molar-refractivity contribution in [2.75, 3.05) is 0 Å². The zero-order valence-corrected chi connectivity index (χ0v) is 13.4. The van der Waals surface area contributed by atoms with Crippen LogP contribution in [0.25, 0.3) is 0 Å². The van der Waals surface area contributed by atoms with Gasteiger partial charge in [0.25, 0.3) is 0 Å². The minimum absolute atomic E-state index is 0.00535. The fourth-order valence-corrected chi connectivity index (χ4v) is 2.91. The minimum atomic E-state index is -1.30. The van der Waals surface area contributed by atoms with Crippen LogP contribution >= 0.6 is 0 Å². The van der Waals surface area contributed by atoms with E-state index < -0.39 is 11.6 Å². The average Bonchev–Trinajstić information content (AvgIpc) is 2.63. The maximum absolute atomic E-state index is 12.8. The lowest BCUT2D eigenvalue weighted by Crippen LogP contribution is -2.56. The highest BCUT2D eigenvalue weighted by Crippen LogP contribution is 2.29. The lowest BCUT2D eigenvalue weighted by Gasteiger charge is -2.39. The number of rotatable bonds is 5. The molecule has 0 radical (unpaired) electrons. The Kier molecular flexibility index (Phi) is 4.70. The summed E-state index contributed by atoms with van der Waals surface area (Å²) in [5, 5.41) is 9.82. The summed E-state index contributed by atoms with van der Waals surface area (Å²) in [6, 6.07) is 11.0. The molecular formula is C19H17N3O3. The van der Waals surface area contributed by atoms with Crippen LogP contribution in [0.2, 0.25) is 0 Å². The van der Waals surface area contributed by atoms with Crippen LogP contribution in [0.3, 0.4) is 0 Å². The van der Waals surface area contributed by atoms with E-state index in [1.807, 2.05) is 30.3 Å². The van der Waals surface area contributed by atoms with E-state index >= 15 is 0 Å². The molecule has 1 N–H and O–H groups in total. The van der Waals surface area contributed by atoms with Gasteiger partial charge in [-0.05, 0) is 17.7 Å². The number of allylic oxidation sites excluding steroid dienone is 2. The maximum atomic E-state index is 12.8. The van der Waals surface area contributed by atoms with E-state index in [0.717, 1.165) is 10.5 Å². The van der Waals surface area contributed by atoms with E-state index in [0.29, 0.717) is 5.69 Å². The van der Waals surface area contributed by atoms with Crippen molar-refractivity contribution in [3.05, 3.63) is 84.5 Å². The molecule has 6 heteroatoms. The van der Waals surface area contributed by atoms with Gasteiger partial charge >= 0.3 is 6.09 Å². The lowest BCUT2D eigenvalue weighted by molar-refractivity contribution is -0.123. The van der Waals surface area contributed by atoms with Crippen LogP contribution in [0, 0.1) is 0 Å². The molecule has 0 bridgehead atoms. The molecular weight excluding hydrogens is 318 g/mol. The van der Waals surface area contributed by atoms with Crippen molar-refractivity contribution in [2.24, 2.45) is 0 Å². The Morgan fingerprint density at radius 2 is 1.96 bits per heavy atom. The molecule has 1 unspecified atom stereocenters. The molecule has 6 nitrogen and oxygen atoms in total. The number of nitrogens with zero attached hydrogens (tertiary/aromatic N) is 3. The van der Waals surface area contributed by atoms with Crippen LogP contribution in [0.5, 0.6) is 0 Å². The third-order valence-electron chi connectivity index (χ3n) is 4.15. The molecule has 1 heterocycles. The van der Waals surface area contributed by atoms with Gasteiger partial charge in [-0.2, -0.15) is 0 Å². The molecule has 2 aromatic rings. The molecule has 0 aliphatic heterocycles. The van der Waals surface area contributed by atoms with Gasteiger partial charge in [0.1, 0.15) is 11.9 Å². The van der Waals surface area contributed by atoms with E-state index in [1.54, 1.807) is 30.5 Å². The second-order valence-corrected chi connectivity index (χ2v) is 5.74. The van der Waals surface area contributed by atoms with Crippen LogP contribution in [-0.2, 0) is 17.8 Å². The summed E-state index contributed by atoms with van der Waals surface area (Å²) in [6.45, 7) is -0.00535. The van der Waals surface area contributed by atoms with E-state index in [-0.39, 0.29) is 18.7 Å². The van der Waals surface area contributed by atoms with Gasteiger partial charge in [-0.1, -0.05) is 48.6 Å². The van der Waals surface area contributed by atoms with Crippen LogP contribution in [0.4, 0.5) is 4.79 Å². The number of benzene rings is 1. The number of hydrogen-bond donors (Lipinski definition) is 1. The number of carboxylic acid groups (broad SMARTS) is 1. The van der Waals surface area contributed by atoms with Crippen molar-refractivity contribution in [2.45, 2.75) is 18.5 Å². The first-order valence-corrected chi connectivity index (χ1v) is 7.81. The molecule has 0 saturated heterocycles. The van der Waals surface area contributed by atoms with Crippen molar-refractivity contribution in [1.29, 1.82) is 0 Å². The van der Waals surface area contributed by atoms with Crippen LogP contribution in [0.15, 0.2) is 73.2 Å². The van der Waals surface area contributed by atoms with Gasteiger partial charge < -0.3 is 5.11 Å². The number of carbonyl (C=O) groups is 2. The molecule has 0 spiro atoms. The summed E-state index contributed by atoms with van der Waals surface area (Å²) in [5.41, 5.74) is 0.109. The summed E-state index contributed by atoms with van der Waals surface area (Å²) < 4.78 is 0. The highest BCUT2D eigenvalue weighted by atomic mass is 16.4. The molecule has 1 aliphatic rings. The van der Waals surface area contributed by atoms with Crippen molar-refractivity contribution >= 4 is 11.9 Å². The van der Waals surface area contributed by atoms with Gasteiger partial charge in [-0.3, -0.25) is 9.69 Å². The zero-order chi connectivity index (χ0) is 17.7. The highest BCUT2D eigenvalue weighted by Gasteiger charge is 2.44. The smallest absolute Gasteiger partial charge is 0.408 e. The number of hydrogen-bond acceptors (Lipinski definition) is 4. The topological polar surface area (TPSA) is 83.4 Å². The Balaban J connectivity index is 2.02. The Hall–Kier alpha value is -3.28. The Labute approximate surface area is 145 Å². The third-order valence-corrected chi connectivity index (χ3v) is 4.15. The Morgan fingerprint density at radius 1 is 1.16 bits per heavy atom. The Bertz CT molecular complexity index is 818. The van der Waals surface area contributed by atoms with Crippen LogP contribution in [0.1, 0.15) is 11.3 Å². The van der Waals surface area contributed by atoms with Gasteiger partial charge in [-0.15, -0.1) is 0 Å². The molecule has 126 valence electrons. The second-order valence-electron chi connectivity index (χ2n) is 5.74. The minimum Gasteiger partial charge on any atom is -0.465 e. The van der Waals surface area contributed by atoms with Crippen LogP contribution < -0.4 is 0 Å². The van der Waals surface area contributed by atoms with E-state index in [2.05, 4.69) is 9.97 Å². The summed E-state index contributed by atoms with van der Waals surface area (Å²) >= 11 is 0. The summed E-state index contributed by atoms with van der Waals surface area (Å²) in [6.07, 6.45) is 8.38. The molecule has 25 heavy (non-hydrogen) atoms. The normalized spacial score (nSPS) is 19.0. The summed E-state index contributed by atoms with van der Waals surface area (Å²) in [7, 11) is 0. The standard InChI is InChI=1S/C19H17N3O3/c23-17-8-4-5-10-19(17,12-15-6-2-1-3-7-15)22(18(24)25)13-16-9-11-20-14-21-16/h1-11,14H,12-13H2,(H,24,25). The van der Waals surface area contributed by atoms with Crippen LogP contribution in [-0.4, -0.2) is 37.4 Å². The van der Waals surface area contributed by atoms with Gasteiger partial charge in [0.2, 0.25) is 0 Å². The SMILES string of the molecule is O=C(O)N(Cc1ccncn1)C1(Cc2ccccc2)C=CC=CC1=O. The first-order chi connectivity index (χ1) is 12.1. The van der Waals surface area contributed by atoms with Gasteiger partial charge in [0.15, 0.2) is 5.78 Å². The first-order valence-electron chi connectivity index (χ1n) is 7.81. The van der Waals surface area contributed by atoms with E-state index in [4.69, 9.17) is 0 Å². The quantitative estimate of drug-likeness (QED) is 0.908. The van der Waals surface area contributed by atoms with E-state index in [1.165, 1.54) is 12.4 Å². The van der Waals surface area contributed by atoms with Gasteiger partial charge in [0, 0.05) is 12.6 Å².